The first-order chi connectivity index (χ1) is 8.67. The van der Waals surface area contributed by atoms with Crippen LogP contribution >= 0.6 is 0 Å². The number of methoxy groups -OCH3 is 1. The molecule has 1 heterocycles. The molecular weight excluding hydrogens is 230 g/mol. The van der Waals surface area contributed by atoms with Crippen LogP contribution in [0.4, 0.5) is 5.69 Å². The van der Waals surface area contributed by atoms with E-state index < -0.39 is 6.10 Å². The van der Waals surface area contributed by atoms with E-state index in [1.165, 1.54) is 0 Å². The van der Waals surface area contributed by atoms with Crippen LogP contribution in [0.5, 0.6) is 0 Å². The molecule has 18 heavy (non-hydrogen) atoms. The van der Waals surface area contributed by atoms with Crippen LogP contribution in [0.1, 0.15) is 30.6 Å². The van der Waals surface area contributed by atoms with Crippen LogP contribution < -0.4 is 4.90 Å². The Bertz CT molecular complexity index is 445. The second-order valence-electron chi connectivity index (χ2n) is 4.50. The first kappa shape index (κ1) is 13.1. The molecule has 1 unspecified atom stereocenters. The van der Waals surface area contributed by atoms with E-state index in [0.717, 1.165) is 23.2 Å². The van der Waals surface area contributed by atoms with Gasteiger partial charge in [0.05, 0.1) is 6.61 Å². The summed E-state index contributed by atoms with van der Waals surface area (Å²) < 4.78 is 4.95. The summed E-state index contributed by atoms with van der Waals surface area (Å²) >= 11 is 0. The van der Waals surface area contributed by atoms with Crippen molar-refractivity contribution in [2.45, 2.75) is 25.9 Å². The Labute approximate surface area is 107 Å². The summed E-state index contributed by atoms with van der Waals surface area (Å²) in [6.07, 6.45) is 0.691. The number of anilines is 1. The summed E-state index contributed by atoms with van der Waals surface area (Å²) in [5.41, 5.74) is 2.95. The normalized spacial score (nSPS) is 16.6. The Morgan fingerprint density at radius 1 is 1.44 bits per heavy atom. The number of rotatable bonds is 4. The van der Waals surface area contributed by atoms with Crippen molar-refractivity contribution < 1.29 is 14.6 Å². The molecule has 1 aliphatic heterocycles. The molecule has 1 N–H and O–H groups in total. The number of fused-ring (bicyclic) bond motifs is 1. The molecule has 4 heteroatoms. The predicted octanol–water partition coefficient (Wildman–Crippen LogP) is 1.67. The highest BCUT2D eigenvalue weighted by molar-refractivity contribution is 5.96. The van der Waals surface area contributed by atoms with Gasteiger partial charge in [-0.2, -0.15) is 0 Å². The largest absolute Gasteiger partial charge is 0.386 e. The zero-order chi connectivity index (χ0) is 13.1. The number of hydrogen-bond acceptors (Lipinski definition) is 3. The molecule has 0 saturated heterocycles. The minimum absolute atomic E-state index is 0.176. The predicted molar refractivity (Wildman–Crippen MR) is 69.6 cm³/mol. The first-order valence-corrected chi connectivity index (χ1v) is 6.27. The van der Waals surface area contributed by atoms with Crippen LogP contribution in [-0.2, 0) is 16.0 Å². The Kier molecular flexibility index (Phi) is 3.99. The van der Waals surface area contributed by atoms with E-state index in [-0.39, 0.29) is 12.5 Å². The average molecular weight is 249 g/mol. The Morgan fingerprint density at radius 3 is 2.89 bits per heavy atom. The quantitative estimate of drug-likeness (QED) is 0.883. The Morgan fingerprint density at radius 2 is 2.22 bits per heavy atom. The maximum absolute atomic E-state index is 11.8. The molecule has 1 aromatic carbocycles. The fraction of sp³-hybridized carbons (Fsp3) is 0.500. The van der Waals surface area contributed by atoms with Crippen molar-refractivity contribution in [2.24, 2.45) is 0 Å². The fourth-order valence-corrected chi connectivity index (χ4v) is 2.39. The monoisotopic (exact) mass is 249 g/mol. The van der Waals surface area contributed by atoms with E-state index in [1.807, 2.05) is 25.1 Å². The molecule has 0 spiro atoms. The van der Waals surface area contributed by atoms with Crippen molar-refractivity contribution in [1.29, 1.82) is 0 Å². The fourth-order valence-electron chi connectivity index (χ4n) is 2.39. The van der Waals surface area contributed by atoms with Crippen LogP contribution in [0.2, 0.25) is 0 Å². The molecule has 1 amide bonds. The van der Waals surface area contributed by atoms with Gasteiger partial charge >= 0.3 is 0 Å². The van der Waals surface area contributed by atoms with Crippen LogP contribution in [0.15, 0.2) is 18.2 Å². The van der Waals surface area contributed by atoms with Crippen molar-refractivity contribution in [2.75, 3.05) is 25.2 Å². The Balaban J connectivity index is 2.30. The molecule has 0 fully saturated rings. The van der Waals surface area contributed by atoms with Gasteiger partial charge in [0, 0.05) is 25.8 Å². The lowest BCUT2D eigenvalue weighted by atomic mass is 9.97. The number of carbonyl (C=O) groups is 1. The van der Waals surface area contributed by atoms with Crippen molar-refractivity contribution in [3.8, 4) is 0 Å². The van der Waals surface area contributed by atoms with Crippen molar-refractivity contribution >= 4 is 11.6 Å². The van der Waals surface area contributed by atoms with Crippen molar-refractivity contribution in [1.82, 2.24) is 0 Å². The number of aliphatic hydroxyl groups excluding tert-OH is 1. The number of ether oxygens (including phenoxy) is 1. The third-order valence-corrected chi connectivity index (χ3v) is 3.33. The highest BCUT2D eigenvalue weighted by atomic mass is 16.5. The van der Waals surface area contributed by atoms with E-state index in [4.69, 9.17) is 4.74 Å². The molecule has 1 aromatic rings. The maximum Gasteiger partial charge on any atom is 0.227 e. The van der Waals surface area contributed by atoms with Crippen LogP contribution in [0.25, 0.3) is 0 Å². The first-order valence-electron chi connectivity index (χ1n) is 6.27. The second-order valence-corrected chi connectivity index (χ2v) is 4.50. The lowest BCUT2D eigenvalue weighted by molar-refractivity contribution is -0.118. The number of carbonyl (C=O) groups excluding carboxylic acids is 1. The number of benzene rings is 1. The molecule has 0 aliphatic carbocycles. The van der Waals surface area contributed by atoms with Crippen molar-refractivity contribution in [3.05, 3.63) is 29.3 Å². The lowest BCUT2D eigenvalue weighted by Crippen LogP contribution is -2.34. The van der Waals surface area contributed by atoms with Crippen LogP contribution in [0.3, 0.4) is 0 Å². The molecule has 4 nitrogen and oxygen atoms in total. The average Bonchev–Trinajstić information content (AvgIpc) is 2.38. The summed E-state index contributed by atoms with van der Waals surface area (Å²) in [4.78, 5) is 13.6. The summed E-state index contributed by atoms with van der Waals surface area (Å²) in [6.45, 7) is 2.95. The molecule has 0 bridgehead atoms. The van der Waals surface area contributed by atoms with E-state index in [1.54, 1.807) is 12.0 Å². The van der Waals surface area contributed by atoms with Gasteiger partial charge in [0.1, 0.15) is 6.10 Å². The highest BCUT2D eigenvalue weighted by Crippen LogP contribution is 2.30. The summed E-state index contributed by atoms with van der Waals surface area (Å²) in [5, 5.41) is 9.89. The van der Waals surface area contributed by atoms with Gasteiger partial charge in [0.2, 0.25) is 5.91 Å². The topological polar surface area (TPSA) is 49.8 Å². The lowest BCUT2D eigenvalue weighted by Gasteiger charge is -2.29. The van der Waals surface area contributed by atoms with Crippen LogP contribution in [-0.4, -0.2) is 31.3 Å². The summed E-state index contributed by atoms with van der Waals surface area (Å²) in [7, 11) is 1.57. The molecule has 1 atom stereocenters. The molecule has 0 aromatic heterocycles. The van der Waals surface area contributed by atoms with Crippen LogP contribution in [0, 0.1) is 0 Å². The number of nitrogens with zero attached hydrogens (tertiary/aromatic N) is 1. The second kappa shape index (κ2) is 5.50. The van der Waals surface area contributed by atoms with Gasteiger partial charge < -0.3 is 14.7 Å². The van der Waals surface area contributed by atoms with Gasteiger partial charge in [-0.05, 0) is 30.5 Å². The number of amides is 1. The van der Waals surface area contributed by atoms with Gasteiger partial charge in [-0.1, -0.05) is 12.1 Å². The summed E-state index contributed by atoms with van der Waals surface area (Å²) in [6, 6.07) is 5.77. The minimum atomic E-state index is -0.604. The number of hydrogen-bond donors (Lipinski definition) is 1. The number of aliphatic hydroxyl groups is 1. The van der Waals surface area contributed by atoms with Gasteiger partial charge in [-0.15, -0.1) is 0 Å². The minimum Gasteiger partial charge on any atom is -0.386 e. The SMILES string of the molecule is CCN1C(=O)CCc2cc(C(O)COC)ccc21. The standard InChI is InChI=1S/C14H19NO3/c1-3-15-12-6-4-11(13(16)9-18-2)8-10(12)5-7-14(15)17/h4,6,8,13,16H,3,5,7,9H2,1-2H3. The maximum atomic E-state index is 11.8. The zero-order valence-corrected chi connectivity index (χ0v) is 10.8. The zero-order valence-electron chi connectivity index (χ0n) is 10.8. The molecule has 2 rings (SSSR count). The molecule has 1 aliphatic rings. The van der Waals surface area contributed by atoms with Gasteiger partial charge in [0.25, 0.3) is 0 Å². The third-order valence-electron chi connectivity index (χ3n) is 3.33. The van der Waals surface area contributed by atoms with E-state index in [9.17, 15) is 9.90 Å². The Hall–Kier alpha value is -1.39. The van der Waals surface area contributed by atoms with Gasteiger partial charge in [0.15, 0.2) is 0 Å². The number of aryl methyl sites for hydroxylation is 1. The highest BCUT2D eigenvalue weighted by Gasteiger charge is 2.23. The van der Waals surface area contributed by atoms with Gasteiger partial charge in [-0.3, -0.25) is 4.79 Å². The summed E-state index contributed by atoms with van der Waals surface area (Å²) in [5.74, 6) is 0.176. The van der Waals surface area contributed by atoms with E-state index >= 15 is 0 Å². The van der Waals surface area contributed by atoms with E-state index in [0.29, 0.717) is 13.0 Å². The molecule has 0 saturated carbocycles. The smallest absolute Gasteiger partial charge is 0.227 e. The third kappa shape index (κ3) is 2.40. The van der Waals surface area contributed by atoms with E-state index in [2.05, 4.69) is 0 Å². The van der Waals surface area contributed by atoms with Gasteiger partial charge in [-0.25, -0.2) is 0 Å². The van der Waals surface area contributed by atoms with Crippen molar-refractivity contribution in [3.63, 3.8) is 0 Å². The molecular formula is C14H19NO3. The molecule has 0 radical (unpaired) electrons. The molecule has 98 valence electrons.